The molecule has 0 atom stereocenters. The summed E-state index contributed by atoms with van der Waals surface area (Å²) in [5, 5.41) is 7.16. The van der Waals surface area contributed by atoms with Gasteiger partial charge in [0.05, 0.1) is 22.5 Å². The molecule has 0 aliphatic carbocycles. The number of alkyl halides is 2. The fraction of sp³-hybridized carbons (Fsp3) is 0.286. The van der Waals surface area contributed by atoms with E-state index in [1.165, 1.54) is 16.8 Å². The Bertz CT molecular complexity index is 1130. The Kier molecular flexibility index (Phi) is 6.21. The summed E-state index contributed by atoms with van der Waals surface area (Å²) in [6.45, 7) is 11.1. The van der Waals surface area contributed by atoms with Crippen molar-refractivity contribution < 1.29 is 18.4 Å². The molecule has 0 radical (unpaired) electrons. The number of aliphatic imine (C=N–C) groups is 2. The minimum absolute atomic E-state index is 0.0176. The van der Waals surface area contributed by atoms with E-state index in [-0.39, 0.29) is 45.0 Å². The van der Waals surface area contributed by atoms with Crippen molar-refractivity contribution in [3.63, 3.8) is 0 Å². The number of hydrogen-bond acceptors (Lipinski definition) is 5. The van der Waals surface area contributed by atoms with Gasteiger partial charge in [-0.15, -0.1) is 0 Å². The number of hydrogen-bond donors (Lipinski definition) is 1. The monoisotopic (exact) mass is 445 g/mol. The summed E-state index contributed by atoms with van der Waals surface area (Å²) in [7, 11) is 0. The lowest BCUT2D eigenvalue weighted by Gasteiger charge is -2.14. The summed E-state index contributed by atoms with van der Waals surface area (Å²) >= 11 is 0.290. The second-order valence-corrected chi connectivity index (χ2v) is 8.83. The van der Waals surface area contributed by atoms with E-state index < -0.39 is 17.6 Å². The van der Waals surface area contributed by atoms with Gasteiger partial charge >= 0.3 is 0 Å². The summed E-state index contributed by atoms with van der Waals surface area (Å²) in [5.74, 6) is -3.62. The molecule has 1 aromatic heterocycles. The van der Waals surface area contributed by atoms with E-state index in [1.54, 1.807) is 25.1 Å². The van der Waals surface area contributed by atoms with Crippen LogP contribution < -0.4 is 5.32 Å². The number of halogens is 2. The Morgan fingerprint density at radius 1 is 1.23 bits per heavy atom. The quantitative estimate of drug-likeness (QED) is 0.554. The molecule has 2 heterocycles. The predicted molar refractivity (Wildman–Crippen MR) is 117 cm³/mol. The van der Waals surface area contributed by atoms with Crippen molar-refractivity contribution in [3.05, 3.63) is 53.7 Å². The van der Waals surface area contributed by atoms with Crippen molar-refractivity contribution in [1.82, 2.24) is 9.78 Å². The van der Waals surface area contributed by atoms with Crippen LogP contribution in [0.25, 0.3) is 0 Å². The van der Waals surface area contributed by atoms with Crippen LogP contribution in [0.2, 0.25) is 0 Å². The molecule has 10 heteroatoms. The molecule has 0 unspecified atom stereocenters. The van der Waals surface area contributed by atoms with Crippen LogP contribution in [-0.4, -0.2) is 39.0 Å². The van der Waals surface area contributed by atoms with E-state index in [2.05, 4.69) is 27.0 Å². The molecule has 0 saturated carbocycles. The third-order valence-corrected chi connectivity index (χ3v) is 5.21. The Balaban J connectivity index is 2.03. The predicted octanol–water partition coefficient (Wildman–Crippen LogP) is 4.51. The summed E-state index contributed by atoms with van der Waals surface area (Å²) in [4.78, 5) is 33.4. The van der Waals surface area contributed by atoms with Crippen LogP contribution in [0.4, 0.5) is 14.6 Å². The lowest BCUT2D eigenvalue weighted by atomic mass is 9.92. The van der Waals surface area contributed by atoms with E-state index in [0.717, 1.165) is 0 Å². The fourth-order valence-electron chi connectivity index (χ4n) is 2.68. The van der Waals surface area contributed by atoms with E-state index in [1.807, 2.05) is 20.8 Å². The van der Waals surface area contributed by atoms with Gasteiger partial charge in [0.25, 0.3) is 23.5 Å². The standard InChI is InChI=1S/C21H21F2N5O2S/c1-11-12(2)24-20(26-17(11)29)28-16(10-15(27-28)21(3,4)5)25-18(30)13-8-6-7-9-14(13)31-19(22)23/h6-10,19H,1H2,2-5H3,(H,25,30). The minimum atomic E-state index is -2.67. The van der Waals surface area contributed by atoms with Crippen LogP contribution in [0, 0.1) is 0 Å². The van der Waals surface area contributed by atoms with E-state index in [0.29, 0.717) is 11.4 Å². The average Bonchev–Trinajstić information content (AvgIpc) is 3.10. The lowest BCUT2D eigenvalue weighted by Crippen LogP contribution is -2.25. The first-order valence-corrected chi connectivity index (χ1v) is 10.2. The number of nitrogens with zero attached hydrogens (tertiary/aromatic N) is 4. The van der Waals surface area contributed by atoms with Crippen LogP contribution in [0.1, 0.15) is 43.7 Å². The molecule has 1 N–H and O–H groups in total. The molecule has 1 aliphatic rings. The number of anilines is 1. The number of carbonyl (C=O) groups excluding carboxylic acids is 2. The van der Waals surface area contributed by atoms with Crippen molar-refractivity contribution in [2.24, 2.45) is 9.98 Å². The van der Waals surface area contributed by atoms with Gasteiger partial charge in [-0.05, 0) is 19.1 Å². The highest BCUT2D eigenvalue weighted by atomic mass is 32.2. The van der Waals surface area contributed by atoms with Gasteiger partial charge in [0.2, 0.25) is 0 Å². The topological polar surface area (TPSA) is 88.7 Å². The molecule has 2 amide bonds. The first-order valence-electron chi connectivity index (χ1n) is 9.31. The second-order valence-electron chi connectivity index (χ2n) is 7.80. The largest absolute Gasteiger partial charge is 0.306 e. The van der Waals surface area contributed by atoms with Gasteiger partial charge in [-0.2, -0.15) is 23.6 Å². The highest BCUT2D eigenvalue weighted by Crippen LogP contribution is 2.30. The van der Waals surface area contributed by atoms with E-state index in [9.17, 15) is 18.4 Å². The molecular weight excluding hydrogens is 424 g/mol. The maximum atomic E-state index is 12.9. The molecule has 0 bridgehead atoms. The molecule has 3 rings (SSSR count). The molecule has 7 nitrogen and oxygen atoms in total. The summed E-state index contributed by atoms with van der Waals surface area (Å²) in [6.07, 6.45) is 0. The third-order valence-electron chi connectivity index (χ3n) is 4.42. The van der Waals surface area contributed by atoms with Crippen molar-refractivity contribution in [1.29, 1.82) is 0 Å². The van der Waals surface area contributed by atoms with Crippen molar-refractivity contribution in [3.8, 4) is 0 Å². The highest BCUT2D eigenvalue weighted by Gasteiger charge is 2.26. The number of amides is 2. The van der Waals surface area contributed by atoms with Gasteiger partial charge in [-0.25, -0.2) is 4.99 Å². The number of thioether (sulfide) groups is 1. The summed E-state index contributed by atoms with van der Waals surface area (Å²) < 4.78 is 27.0. The first-order chi connectivity index (χ1) is 14.5. The van der Waals surface area contributed by atoms with Crippen LogP contribution in [0.3, 0.4) is 0 Å². The van der Waals surface area contributed by atoms with Gasteiger partial charge in [0.15, 0.2) is 0 Å². The third kappa shape index (κ3) is 4.96. The molecule has 31 heavy (non-hydrogen) atoms. The number of benzene rings is 1. The van der Waals surface area contributed by atoms with Crippen LogP contribution in [-0.2, 0) is 10.2 Å². The first kappa shape index (κ1) is 22.5. The van der Waals surface area contributed by atoms with Gasteiger partial charge in [0, 0.05) is 16.4 Å². The Morgan fingerprint density at radius 3 is 2.52 bits per heavy atom. The summed E-state index contributed by atoms with van der Waals surface area (Å²) in [5.41, 5.74) is 0.891. The molecular formula is C21H21F2N5O2S. The number of nitrogens with one attached hydrogen (secondary N) is 1. The number of aromatic nitrogens is 2. The van der Waals surface area contributed by atoms with E-state index >= 15 is 0 Å². The maximum Gasteiger partial charge on any atom is 0.288 e. The SMILES string of the molecule is C=C1C(=O)N=C(n2nc(C(C)(C)C)cc2NC(=O)c2ccccc2SC(F)F)N=C1C. The normalized spacial score (nSPS) is 14.5. The second kappa shape index (κ2) is 8.54. The van der Waals surface area contributed by atoms with Crippen molar-refractivity contribution >= 4 is 41.1 Å². The zero-order chi connectivity index (χ0) is 22.9. The van der Waals surface area contributed by atoms with Crippen molar-refractivity contribution in [2.75, 3.05) is 5.32 Å². The Morgan fingerprint density at radius 2 is 1.90 bits per heavy atom. The van der Waals surface area contributed by atoms with Crippen molar-refractivity contribution in [2.45, 2.75) is 43.8 Å². The molecule has 0 fully saturated rings. The highest BCUT2D eigenvalue weighted by molar-refractivity contribution is 7.99. The smallest absolute Gasteiger partial charge is 0.288 e. The maximum absolute atomic E-state index is 12.9. The molecule has 0 spiro atoms. The molecule has 162 valence electrons. The van der Waals surface area contributed by atoms with Crippen LogP contribution in [0.15, 0.2) is 57.4 Å². The van der Waals surface area contributed by atoms with E-state index in [4.69, 9.17) is 0 Å². The van der Waals surface area contributed by atoms with Gasteiger partial charge in [0.1, 0.15) is 5.82 Å². The lowest BCUT2D eigenvalue weighted by molar-refractivity contribution is -0.113. The van der Waals surface area contributed by atoms with Gasteiger partial charge < -0.3 is 5.32 Å². The fourth-order valence-corrected chi connectivity index (χ4v) is 3.31. The van der Waals surface area contributed by atoms with Crippen LogP contribution in [0.5, 0.6) is 0 Å². The van der Waals surface area contributed by atoms with Gasteiger partial charge in [-0.3, -0.25) is 9.59 Å². The number of carbonyl (C=O) groups is 2. The van der Waals surface area contributed by atoms with Crippen LogP contribution >= 0.6 is 11.8 Å². The zero-order valence-electron chi connectivity index (χ0n) is 17.4. The number of rotatable bonds is 4. The zero-order valence-corrected chi connectivity index (χ0v) is 18.3. The molecule has 0 saturated heterocycles. The molecule has 2 aromatic rings. The minimum Gasteiger partial charge on any atom is -0.306 e. The molecule has 1 aromatic carbocycles. The average molecular weight is 445 g/mol. The molecule has 1 aliphatic heterocycles. The van der Waals surface area contributed by atoms with Gasteiger partial charge in [-0.1, -0.05) is 51.2 Å². The Labute approximate surface area is 182 Å². The Hall–Kier alpha value is -3.14. The summed E-state index contributed by atoms with van der Waals surface area (Å²) in [6, 6.07) is 7.72.